The zero-order valence-electron chi connectivity index (χ0n) is 13.8. The molecule has 0 saturated carbocycles. The van der Waals surface area contributed by atoms with Gasteiger partial charge >= 0.3 is 0 Å². The van der Waals surface area contributed by atoms with E-state index >= 15 is 0 Å². The fourth-order valence-electron chi connectivity index (χ4n) is 3.08. The summed E-state index contributed by atoms with van der Waals surface area (Å²) in [7, 11) is 0. The summed E-state index contributed by atoms with van der Waals surface area (Å²) in [5, 5.41) is 11.4. The van der Waals surface area contributed by atoms with Gasteiger partial charge in [-0.05, 0) is 37.0 Å². The second kappa shape index (κ2) is 8.04. The van der Waals surface area contributed by atoms with Crippen molar-refractivity contribution in [3.8, 4) is 0 Å². The molecule has 24 heavy (non-hydrogen) atoms. The normalized spacial score (nSPS) is 14.0. The quantitative estimate of drug-likeness (QED) is 0.885. The van der Waals surface area contributed by atoms with Crippen LogP contribution in [0.1, 0.15) is 42.9 Å². The maximum atomic E-state index is 13.1. The molecule has 0 fully saturated rings. The SMILES string of the molecule is O=C(CCc1cccc(F)c1)NCCc1nnc2n1CCCCC2. The minimum atomic E-state index is -0.264. The molecule has 0 spiro atoms. The number of rotatable bonds is 6. The van der Waals surface area contributed by atoms with E-state index in [-0.39, 0.29) is 11.7 Å². The summed E-state index contributed by atoms with van der Waals surface area (Å²) in [5.74, 6) is 1.74. The standard InChI is InChI=1S/C18H23FN4O/c19-15-6-4-5-14(13-15)8-9-18(24)20-11-10-17-22-21-16-7-2-1-3-12-23(16)17/h4-6,13H,1-3,7-12H2,(H,20,24). The van der Waals surface area contributed by atoms with Crippen molar-refractivity contribution < 1.29 is 9.18 Å². The van der Waals surface area contributed by atoms with Crippen molar-refractivity contribution in [2.24, 2.45) is 0 Å². The Morgan fingerprint density at radius 1 is 1.21 bits per heavy atom. The molecule has 2 aromatic rings. The maximum absolute atomic E-state index is 13.1. The Bertz CT molecular complexity index is 698. The van der Waals surface area contributed by atoms with E-state index in [2.05, 4.69) is 20.1 Å². The summed E-state index contributed by atoms with van der Waals surface area (Å²) in [6.07, 6.45) is 6.17. The van der Waals surface area contributed by atoms with Gasteiger partial charge in [0.05, 0.1) is 0 Å². The number of nitrogens with zero attached hydrogens (tertiary/aromatic N) is 3. The first-order valence-corrected chi connectivity index (χ1v) is 8.64. The highest BCUT2D eigenvalue weighted by atomic mass is 19.1. The molecule has 0 unspecified atom stereocenters. The number of fused-ring (bicyclic) bond motifs is 1. The smallest absolute Gasteiger partial charge is 0.220 e. The molecule has 1 amide bonds. The molecular formula is C18H23FN4O. The lowest BCUT2D eigenvalue weighted by atomic mass is 10.1. The monoisotopic (exact) mass is 330 g/mol. The predicted octanol–water partition coefficient (Wildman–Crippen LogP) is 2.44. The van der Waals surface area contributed by atoms with Crippen molar-refractivity contribution in [3.05, 3.63) is 47.3 Å². The van der Waals surface area contributed by atoms with E-state index in [0.717, 1.165) is 36.6 Å². The average molecular weight is 330 g/mol. The summed E-state index contributed by atoms with van der Waals surface area (Å²) < 4.78 is 15.3. The van der Waals surface area contributed by atoms with E-state index in [1.54, 1.807) is 6.07 Å². The predicted molar refractivity (Wildman–Crippen MR) is 89.0 cm³/mol. The molecular weight excluding hydrogens is 307 g/mol. The van der Waals surface area contributed by atoms with E-state index < -0.39 is 0 Å². The van der Waals surface area contributed by atoms with E-state index in [1.807, 2.05) is 6.07 Å². The molecule has 1 aromatic carbocycles. The first kappa shape index (κ1) is 16.6. The molecule has 1 aliphatic rings. The van der Waals surface area contributed by atoms with Gasteiger partial charge in [-0.15, -0.1) is 10.2 Å². The lowest BCUT2D eigenvalue weighted by Gasteiger charge is -2.08. The van der Waals surface area contributed by atoms with Crippen molar-refractivity contribution in [2.75, 3.05) is 6.54 Å². The van der Waals surface area contributed by atoms with Crippen LogP contribution in [0.15, 0.2) is 24.3 Å². The molecule has 0 radical (unpaired) electrons. The molecule has 1 aliphatic heterocycles. The topological polar surface area (TPSA) is 59.8 Å². The Balaban J connectivity index is 1.43. The Kier molecular flexibility index (Phi) is 5.56. The van der Waals surface area contributed by atoms with Gasteiger partial charge in [0.2, 0.25) is 5.91 Å². The van der Waals surface area contributed by atoms with Crippen LogP contribution in [0.5, 0.6) is 0 Å². The van der Waals surface area contributed by atoms with Crippen molar-refractivity contribution in [1.82, 2.24) is 20.1 Å². The number of amides is 1. The third kappa shape index (κ3) is 4.40. The molecule has 6 heteroatoms. The largest absolute Gasteiger partial charge is 0.356 e. The molecule has 5 nitrogen and oxygen atoms in total. The summed E-state index contributed by atoms with van der Waals surface area (Å²) in [6.45, 7) is 1.53. The van der Waals surface area contributed by atoms with Crippen LogP contribution in [0, 0.1) is 5.82 Å². The Morgan fingerprint density at radius 2 is 2.12 bits per heavy atom. The number of aryl methyl sites for hydroxylation is 2. The fourth-order valence-corrected chi connectivity index (χ4v) is 3.08. The van der Waals surface area contributed by atoms with Crippen molar-refractivity contribution in [1.29, 1.82) is 0 Å². The van der Waals surface area contributed by atoms with Crippen LogP contribution in [-0.4, -0.2) is 27.2 Å². The molecule has 128 valence electrons. The Labute approximate surface area is 141 Å². The number of aromatic nitrogens is 3. The van der Waals surface area contributed by atoms with E-state index in [9.17, 15) is 9.18 Å². The highest BCUT2D eigenvalue weighted by Crippen LogP contribution is 2.14. The van der Waals surface area contributed by atoms with Gasteiger partial charge < -0.3 is 9.88 Å². The third-order valence-corrected chi connectivity index (χ3v) is 4.39. The van der Waals surface area contributed by atoms with Crippen LogP contribution in [0.3, 0.4) is 0 Å². The lowest BCUT2D eigenvalue weighted by molar-refractivity contribution is -0.121. The molecule has 0 bridgehead atoms. The van der Waals surface area contributed by atoms with Crippen LogP contribution < -0.4 is 5.32 Å². The second-order valence-corrected chi connectivity index (χ2v) is 6.22. The van der Waals surface area contributed by atoms with Crippen molar-refractivity contribution in [2.45, 2.75) is 51.5 Å². The number of hydrogen-bond donors (Lipinski definition) is 1. The van der Waals surface area contributed by atoms with Crippen LogP contribution in [-0.2, 0) is 30.6 Å². The fraction of sp³-hybridized carbons (Fsp3) is 0.500. The first-order valence-electron chi connectivity index (χ1n) is 8.64. The Hall–Kier alpha value is -2.24. The molecule has 1 aromatic heterocycles. The Morgan fingerprint density at radius 3 is 3.00 bits per heavy atom. The lowest BCUT2D eigenvalue weighted by Crippen LogP contribution is -2.26. The number of hydrogen-bond acceptors (Lipinski definition) is 3. The molecule has 3 rings (SSSR count). The summed E-state index contributed by atoms with van der Waals surface area (Å²) in [5.41, 5.74) is 0.841. The van der Waals surface area contributed by atoms with Gasteiger partial charge in [0.25, 0.3) is 0 Å². The third-order valence-electron chi connectivity index (χ3n) is 4.39. The maximum Gasteiger partial charge on any atom is 0.220 e. The van der Waals surface area contributed by atoms with Crippen LogP contribution in [0.4, 0.5) is 4.39 Å². The minimum Gasteiger partial charge on any atom is -0.356 e. The molecule has 0 aliphatic carbocycles. The number of carbonyl (C=O) groups excluding carboxylic acids is 1. The van der Waals surface area contributed by atoms with Gasteiger partial charge in [-0.25, -0.2) is 4.39 Å². The summed E-state index contributed by atoms with van der Waals surface area (Å²) in [4.78, 5) is 11.9. The highest BCUT2D eigenvalue weighted by molar-refractivity contribution is 5.76. The number of carbonyl (C=O) groups is 1. The second-order valence-electron chi connectivity index (χ2n) is 6.22. The van der Waals surface area contributed by atoms with Gasteiger partial charge in [0, 0.05) is 32.4 Å². The van der Waals surface area contributed by atoms with Crippen LogP contribution in [0.2, 0.25) is 0 Å². The first-order chi connectivity index (χ1) is 11.7. The van der Waals surface area contributed by atoms with Gasteiger partial charge in [0.15, 0.2) is 0 Å². The zero-order valence-corrected chi connectivity index (χ0v) is 13.8. The van der Waals surface area contributed by atoms with Gasteiger partial charge in [-0.1, -0.05) is 18.6 Å². The van der Waals surface area contributed by atoms with Gasteiger partial charge in [-0.2, -0.15) is 0 Å². The number of halogens is 1. The highest BCUT2D eigenvalue weighted by Gasteiger charge is 2.14. The number of benzene rings is 1. The van der Waals surface area contributed by atoms with Crippen molar-refractivity contribution >= 4 is 5.91 Å². The average Bonchev–Trinajstić information content (AvgIpc) is 2.80. The number of nitrogens with one attached hydrogen (secondary N) is 1. The van der Waals surface area contributed by atoms with Gasteiger partial charge in [0.1, 0.15) is 17.5 Å². The molecule has 0 atom stereocenters. The molecule has 1 N–H and O–H groups in total. The summed E-state index contributed by atoms with van der Waals surface area (Å²) in [6, 6.07) is 6.38. The summed E-state index contributed by atoms with van der Waals surface area (Å²) >= 11 is 0. The van der Waals surface area contributed by atoms with Crippen LogP contribution >= 0.6 is 0 Å². The van der Waals surface area contributed by atoms with E-state index in [1.165, 1.54) is 25.0 Å². The molecule has 0 saturated heterocycles. The van der Waals surface area contributed by atoms with Crippen LogP contribution in [0.25, 0.3) is 0 Å². The zero-order chi connectivity index (χ0) is 16.8. The van der Waals surface area contributed by atoms with E-state index in [4.69, 9.17) is 0 Å². The van der Waals surface area contributed by atoms with Gasteiger partial charge in [-0.3, -0.25) is 4.79 Å². The molecule has 2 heterocycles. The van der Waals surface area contributed by atoms with Crippen molar-refractivity contribution in [3.63, 3.8) is 0 Å². The van der Waals surface area contributed by atoms with E-state index in [0.29, 0.717) is 25.8 Å². The minimum absolute atomic E-state index is 0.0186.